The van der Waals surface area contributed by atoms with Crippen molar-refractivity contribution in [2.24, 2.45) is 0 Å². The molecule has 0 atom stereocenters. The lowest BCUT2D eigenvalue weighted by Crippen LogP contribution is -2.48. The second kappa shape index (κ2) is 17.0. The molecule has 28 radical (unpaired) electrons. The molecule has 5 nitrogen and oxygen atoms in total. The van der Waals surface area contributed by atoms with Crippen LogP contribution in [0.25, 0.3) is 106 Å². The third kappa shape index (κ3) is 6.78. The molecule has 0 N–H and O–H groups in total. The predicted octanol–water partition coefficient (Wildman–Crippen LogP) is -3.68. The van der Waals surface area contributed by atoms with Crippen molar-refractivity contribution in [2.75, 3.05) is 0 Å². The molecule has 0 fully saturated rings. The zero-order valence-electron chi connectivity index (χ0n) is 37.2. The maximum Gasteiger partial charge on any atom is 0.164 e. The van der Waals surface area contributed by atoms with E-state index in [2.05, 4.69) is 24.3 Å². The molecule has 11 aromatic rings. The van der Waals surface area contributed by atoms with Crippen LogP contribution in [0.5, 0.6) is 0 Å². The smallest absolute Gasteiger partial charge is 0.164 e. The van der Waals surface area contributed by atoms with Gasteiger partial charge in [0.25, 0.3) is 0 Å². The Balaban J connectivity index is 1.26. The topological polar surface area (TPSA) is 56.7 Å². The van der Waals surface area contributed by atoms with Crippen LogP contribution in [-0.2, 0) is 0 Å². The second-order valence-corrected chi connectivity index (χ2v) is 17.0. The summed E-state index contributed by atoms with van der Waals surface area (Å²) in [6, 6.07) is 35.3. The van der Waals surface area contributed by atoms with Gasteiger partial charge in [-0.05, 0) is 57.3 Å². The van der Waals surface area contributed by atoms with Crippen LogP contribution in [0.2, 0.25) is 0 Å². The SMILES string of the molecule is [B]c1c([B])c([B])c2c(oc3c([B])c([B])c([B])c(-c4nc(-c5cccc(-c6cccc(-c7ccccc7)c6)c5)nc(-c5c([B])c([B])c6c7c([B])c([B])c([B])c([B])c7n(-c7ccccc7)c6c5[B])n4)c32)c1[B]. The van der Waals surface area contributed by atoms with E-state index in [-0.39, 0.29) is 127 Å². The summed E-state index contributed by atoms with van der Waals surface area (Å²) in [4.78, 5) is 15.3. The molecule has 8 aromatic carbocycles. The molecule has 3 heterocycles. The Morgan fingerprint density at radius 1 is 0.300 bits per heavy atom. The predicted molar refractivity (Wildman–Crippen MR) is 304 cm³/mol. The standard InChI is InChI=1S/C51H18B14N4O/c52-31-26-27-32(53)37(58)40(61)42(63)46(27)69(24-15-5-2-6-16-24)45(26)36(57)30(35(31)56)51-67-49(23-14-8-13-22(18-23)21-12-7-11-20(17-21)19-9-3-1-4-10-19)66-50(68-51)29-25-28-33(54)38(59)41(62)44(65)48(28)70-47(25)43(64)39(60)34(29)55/h1-18H. The maximum atomic E-state index is 7.40. The van der Waals surface area contributed by atoms with Gasteiger partial charge in [-0.2, -0.15) is 0 Å². The highest BCUT2D eigenvalue weighted by molar-refractivity contribution is 6.71. The minimum absolute atomic E-state index is 0.00334. The van der Waals surface area contributed by atoms with E-state index in [4.69, 9.17) is 129 Å². The van der Waals surface area contributed by atoms with Gasteiger partial charge in [-0.1, -0.05) is 134 Å². The first-order valence-electron chi connectivity index (χ1n) is 21.7. The highest BCUT2D eigenvalue weighted by Crippen LogP contribution is 2.35. The van der Waals surface area contributed by atoms with Crippen molar-refractivity contribution in [1.29, 1.82) is 0 Å². The molecule has 19 heteroatoms. The molecular formula is C51H18B14N4O. The van der Waals surface area contributed by atoms with E-state index in [0.29, 0.717) is 33.1 Å². The first-order chi connectivity index (χ1) is 33.6. The normalized spacial score (nSPS) is 11.7. The van der Waals surface area contributed by atoms with E-state index < -0.39 is 0 Å². The van der Waals surface area contributed by atoms with Gasteiger partial charge in [-0.25, -0.2) is 15.0 Å². The monoisotopic (exact) mass is 856 g/mol. The first-order valence-corrected chi connectivity index (χ1v) is 21.7. The van der Waals surface area contributed by atoms with E-state index in [1.807, 2.05) is 84.9 Å². The van der Waals surface area contributed by atoms with Crippen molar-refractivity contribution in [3.63, 3.8) is 0 Å². The average molecular weight is 854 g/mol. The third-order valence-electron chi connectivity index (χ3n) is 13.1. The van der Waals surface area contributed by atoms with Crippen molar-refractivity contribution in [3.05, 3.63) is 109 Å². The number of nitrogens with zero attached hydrogens (tertiary/aromatic N) is 4. The van der Waals surface area contributed by atoms with Gasteiger partial charge in [0.05, 0.1) is 0 Å². The van der Waals surface area contributed by atoms with E-state index in [0.717, 1.165) is 22.3 Å². The van der Waals surface area contributed by atoms with Crippen LogP contribution in [0, 0.1) is 0 Å². The molecule has 3 aromatic heterocycles. The number of para-hydroxylation sites is 1. The van der Waals surface area contributed by atoms with Crippen LogP contribution in [-0.4, -0.2) is 129 Å². The Bertz CT molecular complexity index is 4070. The lowest BCUT2D eigenvalue weighted by atomic mass is 9.64. The van der Waals surface area contributed by atoms with E-state index >= 15 is 0 Å². The van der Waals surface area contributed by atoms with Crippen LogP contribution < -0.4 is 76.5 Å². The summed E-state index contributed by atoms with van der Waals surface area (Å²) in [6.07, 6.45) is 0. The number of hydrogen-bond donors (Lipinski definition) is 0. The summed E-state index contributed by atoms with van der Waals surface area (Å²) in [6.45, 7) is 0. The summed E-state index contributed by atoms with van der Waals surface area (Å²) in [5, 5.41) is 1.28. The molecule has 0 unspecified atom stereocenters. The van der Waals surface area contributed by atoms with Crippen molar-refractivity contribution < 1.29 is 4.42 Å². The molecule has 0 aliphatic rings. The number of fused-ring (bicyclic) bond motifs is 6. The fourth-order valence-electron chi connectivity index (χ4n) is 9.47. The lowest BCUT2D eigenvalue weighted by Gasteiger charge is -2.20. The lowest BCUT2D eigenvalue weighted by molar-refractivity contribution is 0.675. The minimum Gasteiger partial charge on any atom is -0.457 e. The number of aromatic nitrogens is 4. The van der Waals surface area contributed by atoms with Crippen LogP contribution in [0.3, 0.4) is 0 Å². The van der Waals surface area contributed by atoms with Gasteiger partial charge in [-0.15, -0.1) is 27.3 Å². The molecule has 0 saturated carbocycles. The molecular weight excluding hydrogens is 836 g/mol. The van der Waals surface area contributed by atoms with Crippen LogP contribution in [0.15, 0.2) is 114 Å². The zero-order chi connectivity index (χ0) is 49.2. The van der Waals surface area contributed by atoms with Gasteiger partial charge >= 0.3 is 0 Å². The van der Waals surface area contributed by atoms with E-state index in [9.17, 15) is 0 Å². The highest BCUT2D eigenvalue weighted by atomic mass is 16.3. The second-order valence-electron chi connectivity index (χ2n) is 17.0. The molecule has 0 bridgehead atoms. The summed E-state index contributed by atoms with van der Waals surface area (Å²) >= 11 is 0. The average Bonchev–Trinajstić information content (AvgIpc) is 3.96. The van der Waals surface area contributed by atoms with Crippen LogP contribution >= 0.6 is 0 Å². The third-order valence-corrected chi connectivity index (χ3v) is 13.1. The van der Waals surface area contributed by atoms with Crippen molar-refractivity contribution in [3.8, 4) is 62.1 Å². The van der Waals surface area contributed by atoms with Gasteiger partial charge in [0, 0.05) is 44.2 Å². The molecule has 0 spiro atoms. The Hall–Kier alpha value is -6.72. The molecule has 0 saturated heterocycles. The molecule has 0 aliphatic carbocycles. The van der Waals surface area contributed by atoms with Crippen molar-refractivity contribution >= 4 is 230 Å². The molecule has 11 rings (SSSR count). The Morgan fingerprint density at radius 2 is 0.700 bits per heavy atom. The molecule has 0 aliphatic heterocycles. The largest absolute Gasteiger partial charge is 0.457 e. The fraction of sp³-hybridized carbons (Fsp3) is 0. The Morgan fingerprint density at radius 3 is 1.31 bits per heavy atom. The summed E-state index contributed by atoms with van der Waals surface area (Å²) < 4.78 is 8.12. The number of furan rings is 1. The maximum absolute atomic E-state index is 7.40. The molecule has 70 heavy (non-hydrogen) atoms. The van der Waals surface area contributed by atoms with Gasteiger partial charge < -0.3 is 8.98 Å². The number of hydrogen-bond acceptors (Lipinski definition) is 4. The van der Waals surface area contributed by atoms with Gasteiger partial charge in [0.2, 0.25) is 0 Å². The Kier molecular flexibility index (Phi) is 11.1. The molecule has 290 valence electrons. The number of benzene rings is 8. The van der Waals surface area contributed by atoms with Crippen molar-refractivity contribution in [2.45, 2.75) is 0 Å². The van der Waals surface area contributed by atoms with Gasteiger partial charge in [0.15, 0.2) is 17.5 Å². The first kappa shape index (κ1) is 45.7. The van der Waals surface area contributed by atoms with E-state index in [1.165, 1.54) is 0 Å². The zero-order valence-corrected chi connectivity index (χ0v) is 37.2. The molecule has 0 amide bonds. The Labute approximate surface area is 422 Å². The summed E-state index contributed by atoms with van der Waals surface area (Å²) in [7, 11) is 94.4. The number of rotatable bonds is 6. The fourth-order valence-corrected chi connectivity index (χ4v) is 9.47. The minimum atomic E-state index is -0.0331. The quantitative estimate of drug-likeness (QED) is 0.162. The van der Waals surface area contributed by atoms with Gasteiger partial charge in [-0.3, -0.25) is 0 Å². The summed E-state index contributed by atoms with van der Waals surface area (Å²) in [5.74, 6) is 0.136. The summed E-state index contributed by atoms with van der Waals surface area (Å²) in [5.41, 5.74) is 7.00. The van der Waals surface area contributed by atoms with E-state index in [1.54, 1.807) is 4.57 Å². The van der Waals surface area contributed by atoms with Crippen LogP contribution in [0.1, 0.15) is 0 Å². The van der Waals surface area contributed by atoms with Crippen LogP contribution in [0.4, 0.5) is 0 Å². The van der Waals surface area contributed by atoms with Gasteiger partial charge in [0.1, 0.15) is 121 Å². The van der Waals surface area contributed by atoms with Crippen molar-refractivity contribution in [1.82, 2.24) is 19.5 Å². The highest BCUT2D eigenvalue weighted by Gasteiger charge is 2.28.